The third kappa shape index (κ3) is 3.72. The molecule has 110 valence electrons. The number of carbonyl (C=O) groups excluding carboxylic acids is 1. The summed E-state index contributed by atoms with van der Waals surface area (Å²) in [7, 11) is 0. The van der Waals surface area contributed by atoms with E-state index in [2.05, 4.69) is 4.98 Å². The third-order valence-corrected chi connectivity index (χ3v) is 3.07. The van der Waals surface area contributed by atoms with E-state index in [0.29, 0.717) is 12.1 Å². The fourth-order valence-corrected chi connectivity index (χ4v) is 2.06. The number of pyridine rings is 1. The van der Waals surface area contributed by atoms with Gasteiger partial charge < -0.3 is 14.8 Å². The molecule has 0 bridgehead atoms. The second-order valence-corrected chi connectivity index (χ2v) is 4.59. The minimum absolute atomic E-state index is 0.146. The van der Waals surface area contributed by atoms with Crippen molar-refractivity contribution in [3.63, 3.8) is 0 Å². The van der Waals surface area contributed by atoms with Crippen LogP contribution in [0.1, 0.15) is 28.5 Å². The standard InChI is InChI=1S/C16H17NO4/c1-2-21-16(20)14-13(18)10-12(17-15(14)19)9-8-11-6-4-3-5-7-11/h3-7,10H,2,8-9H2,1H3,(H2,17,18,19). The van der Waals surface area contributed by atoms with E-state index in [0.717, 1.165) is 12.0 Å². The zero-order valence-electron chi connectivity index (χ0n) is 11.8. The zero-order valence-corrected chi connectivity index (χ0v) is 11.8. The van der Waals surface area contributed by atoms with E-state index in [1.165, 1.54) is 6.07 Å². The number of aromatic hydroxyl groups is 1. The molecular weight excluding hydrogens is 270 g/mol. The average Bonchev–Trinajstić information content (AvgIpc) is 2.46. The maximum absolute atomic E-state index is 11.9. The number of aromatic amines is 1. The summed E-state index contributed by atoms with van der Waals surface area (Å²) in [5.41, 5.74) is 0.735. The molecular formula is C16H17NO4. The van der Waals surface area contributed by atoms with Crippen LogP contribution in [0, 0.1) is 0 Å². The van der Waals surface area contributed by atoms with Gasteiger partial charge in [0.2, 0.25) is 0 Å². The van der Waals surface area contributed by atoms with E-state index in [1.807, 2.05) is 30.3 Å². The molecule has 1 heterocycles. The Morgan fingerprint density at radius 2 is 1.95 bits per heavy atom. The molecule has 2 N–H and O–H groups in total. The average molecular weight is 287 g/mol. The van der Waals surface area contributed by atoms with Crippen LogP contribution in [0.25, 0.3) is 0 Å². The van der Waals surface area contributed by atoms with Crippen LogP contribution in [-0.2, 0) is 17.6 Å². The first kappa shape index (κ1) is 14.8. The van der Waals surface area contributed by atoms with Crippen LogP contribution in [0.5, 0.6) is 5.75 Å². The smallest absolute Gasteiger partial charge is 0.347 e. The highest BCUT2D eigenvalue weighted by atomic mass is 16.5. The number of benzene rings is 1. The van der Waals surface area contributed by atoms with E-state index in [9.17, 15) is 14.7 Å². The number of rotatable bonds is 5. The lowest BCUT2D eigenvalue weighted by Gasteiger charge is -2.07. The van der Waals surface area contributed by atoms with Crippen LogP contribution in [0.4, 0.5) is 0 Å². The SMILES string of the molecule is CCOC(=O)c1c(O)cc(CCc2ccccc2)[nH]c1=O. The molecule has 0 aliphatic rings. The highest BCUT2D eigenvalue weighted by molar-refractivity contribution is 5.91. The van der Waals surface area contributed by atoms with Crippen LogP contribution in [0.3, 0.4) is 0 Å². The lowest BCUT2D eigenvalue weighted by Crippen LogP contribution is -2.21. The highest BCUT2D eigenvalue weighted by Gasteiger charge is 2.18. The van der Waals surface area contributed by atoms with Gasteiger partial charge in [0.05, 0.1) is 6.61 Å². The lowest BCUT2D eigenvalue weighted by molar-refractivity contribution is 0.0521. The number of esters is 1. The van der Waals surface area contributed by atoms with Crippen molar-refractivity contribution in [2.45, 2.75) is 19.8 Å². The summed E-state index contributed by atoms with van der Waals surface area (Å²) < 4.78 is 4.74. The van der Waals surface area contributed by atoms with Crippen molar-refractivity contribution >= 4 is 5.97 Å². The summed E-state index contributed by atoms with van der Waals surface area (Å²) in [5.74, 6) is -1.16. The summed E-state index contributed by atoms with van der Waals surface area (Å²) in [6.07, 6.45) is 1.30. The van der Waals surface area contributed by atoms with Crippen molar-refractivity contribution in [1.82, 2.24) is 4.98 Å². The Balaban J connectivity index is 2.16. The number of hydrogen-bond acceptors (Lipinski definition) is 4. The molecule has 0 unspecified atom stereocenters. The Bertz CT molecular complexity index is 676. The van der Waals surface area contributed by atoms with Crippen LogP contribution >= 0.6 is 0 Å². The van der Waals surface area contributed by atoms with Gasteiger partial charge in [-0.15, -0.1) is 0 Å². The van der Waals surface area contributed by atoms with Gasteiger partial charge in [-0.05, 0) is 25.3 Å². The predicted molar refractivity (Wildman–Crippen MR) is 78.5 cm³/mol. The number of ether oxygens (including phenoxy) is 1. The molecule has 0 aliphatic heterocycles. The normalized spacial score (nSPS) is 10.3. The molecule has 2 rings (SSSR count). The highest BCUT2D eigenvalue weighted by Crippen LogP contribution is 2.15. The summed E-state index contributed by atoms with van der Waals surface area (Å²) in [4.78, 5) is 26.1. The van der Waals surface area contributed by atoms with Gasteiger partial charge in [-0.25, -0.2) is 4.79 Å². The lowest BCUT2D eigenvalue weighted by atomic mass is 10.1. The Kier molecular flexibility index (Phi) is 4.77. The van der Waals surface area contributed by atoms with Crippen molar-refractivity contribution in [2.24, 2.45) is 0 Å². The van der Waals surface area contributed by atoms with Crippen molar-refractivity contribution in [1.29, 1.82) is 0 Å². The van der Waals surface area contributed by atoms with Crippen molar-refractivity contribution in [3.8, 4) is 5.75 Å². The van der Waals surface area contributed by atoms with E-state index >= 15 is 0 Å². The van der Waals surface area contributed by atoms with Gasteiger partial charge in [0.25, 0.3) is 5.56 Å². The number of hydrogen-bond donors (Lipinski definition) is 2. The minimum Gasteiger partial charge on any atom is -0.507 e. The topological polar surface area (TPSA) is 79.4 Å². The first-order valence-electron chi connectivity index (χ1n) is 6.78. The van der Waals surface area contributed by atoms with Gasteiger partial charge in [-0.1, -0.05) is 30.3 Å². The second-order valence-electron chi connectivity index (χ2n) is 4.59. The number of nitrogens with one attached hydrogen (secondary N) is 1. The van der Waals surface area contributed by atoms with Crippen molar-refractivity contribution < 1.29 is 14.6 Å². The van der Waals surface area contributed by atoms with Gasteiger partial charge in [0.1, 0.15) is 5.75 Å². The summed E-state index contributed by atoms with van der Waals surface area (Å²) in [6.45, 7) is 1.78. The van der Waals surface area contributed by atoms with Crippen LogP contribution in [-0.4, -0.2) is 22.7 Å². The minimum atomic E-state index is -0.814. The monoisotopic (exact) mass is 287 g/mol. The Morgan fingerprint density at radius 3 is 2.57 bits per heavy atom. The van der Waals surface area contributed by atoms with Gasteiger partial charge >= 0.3 is 5.97 Å². The molecule has 0 radical (unpaired) electrons. The molecule has 0 spiro atoms. The van der Waals surface area contributed by atoms with Crippen LogP contribution < -0.4 is 5.56 Å². The molecule has 5 heteroatoms. The number of aryl methyl sites for hydroxylation is 2. The first-order valence-corrected chi connectivity index (χ1v) is 6.78. The first-order chi connectivity index (χ1) is 10.1. The quantitative estimate of drug-likeness (QED) is 0.825. The summed E-state index contributed by atoms with van der Waals surface area (Å²) in [6, 6.07) is 11.2. The van der Waals surface area contributed by atoms with Crippen LogP contribution in [0.2, 0.25) is 0 Å². The zero-order chi connectivity index (χ0) is 15.2. The molecule has 0 saturated carbocycles. The number of aromatic nitrogens is 1. The van der Waals surface area contributed by atoms with Gasteiger partial charge in [-0.2, -0.15) is 0 Å². The van der Waals surface area contributed by atoms with E-state index in [4.69, 9.17) is 4.74 Å². The predicted octanol–water partition coefficient (Wildman–Crippen LogP) is 2.04. The van der Waals surface area contributed by atoms with Gasteiger partial charge in [-0.3, -0.25) is 4.79 Å². The molecule has 0 amide bonds. The summed E-state index contributed by atoms with van der Waals surface area (Å²) in [5, 5.41) is 9.85. The molecule has 1 aromatic heterocycles. The van der Waals surface area contributed by atoms with Crippen molar-refractivity contribution in [3.05, 3.63) is 63.6 Å². The molecule has 1 aromatic carbocycles. The number of H-pyrrole nitrogens is 1. The Morgan fingerprint density at radius 1 is 1.24 bits per heavy atom. The van der Waals surface area contributed by atoms with Gasteiger partial charge in [0, 0.05) is 11.8 Å². The third-order valence-electron chi connectivity index (χ3n) is 3.07. The fraction of sp³-hybridized carbons (Fsp3) is 0.250. The molecule has 2 aromatic rings. The Labute approximate surface area is 122 Å². The van der Waals surface area contributed by atoms with E-state index < -0.39 is 11.5 Å². The second kappa shape index (κ2) is 6.74. The summed E-state index contributed by atoms with van der Waals surface area (Å²) >= 11 is 0. The number of carbonyl (C=O) groups is 1. The maximum Gasteiger partial charge on any atom is 0.347 e. The van der Waals surface area contributed by atoms with E-state index in [1.54, 1.807) is 6.92 Å². The molecule has 21 heavy (non-hydrogen) atoms. The molecule has 0 atom stereocenters. The van der Waals surface area contributed by atoms with E-state index in [-0.39, 0.29) is 17.9 Å². The maximum atomic E-state index is 11.9. The fourth-order valence-electron chi connectivity index (χ4n) is 2.06. The van der Waals surface area contributed by atoms with Crippen LogP contribution in [0.15, 0.2) is 41.2 Å². The Hall–Kier alpha value is -2.56. The molecule has 5 nitrogen and oxygen atoms in total. The molecule has 0 fully saturated rings. The van der Waals surface area contributed by atoms with Gasteiger partial charge in [0.15, 0.2) is 5.56 Å². The largest absolute Gasteiger partial charge is 0.507 e. The van der Waals surface area contributed by atoms with Crippen molar-refractivity contribution in [2.75, 3.05) is 6.61 Å². The molecule has 0 saturated heterocycles. The molecule has 0 aliphatic carbocycles.